The van der Waals surface area contributed by atoms with Crippen LogP contribution in [0.25, 0.3) is 0 Å². The molecular weight excluding hydrogens is 278 g/mol. The van der Waals surface area contributed by atoms with Crippen LogP contribution in [0.1, 0.15) is 33.6 Å². The van der Waals surface area contributed by atoms with Gasteiger partial charge in [-0.3, -0.25) is 4.79 Å². The van der Waals surface area contributed by atoms with Crippen LogP contribution in [0.15, 0.2) is 0 Å². The minimum atomic E-state index is -0.382. The van der Waals surface area contributed by atoms with Crippen molar-refractivity contribution in [2.45, 2.75) is 49.9 Å². The number of nitrogens with two attached hydrogens (primary N) is 1. The number of rotatable bonds is 1. The van der Waals surface area contributed by atoms with Gasteiger partial charge in [-0.15, -0.1) is 47.0 Å². The summed E-state index contributed by atoms with van der Waals surface area (Å²) in [4.78, 5) is 11.8. The Morgan fingerprint density at radius 1 is 0.938 bits per heavy atom. The van der Waals surface area contributed by atoms with Gasteiger partial charge in [-0.1, -0.05) is 0 Å². The largest absolute Gasteiger partial charge is 0.368 e. The number of hydrogen-bond donors (Lipinski definition) is 1. The summed E-state index contributed by atoms with van der Waals surface area (Å²) < 4.78 is 0.0981. The van der Waals surface area contributed by atoms with E-state index in [2.05, 4.69) is 20.8 Å². The number of carbonyl (C=O) groups excluding carboxylic acids is 1. The van der Waals surface area contributed by atoms with E-state index in [1.54, 1.807) is 23.5 Å². The Balaban J connectivity index is 2.11. The minimum Gasteiger partial charge on any atom is -0.368 e. The second kappa shape index (κ2) is 3.06. The Hall–Kier alpha value is 0.870. The highest BCUT2D eigenvalue weighted by molar-refractivity contribution is 8.38. The number of hydrogen-bond acceptors (Lipinski definition) is 5. The summed E-state index contributed by atoms with van der Waals surface area (Å²) in [5, 5.41) is 0. The van der Waals surface area contributed by atoms with Crippen molar-refractivity contribution < 1.29 is 4.79 Å². The zero-order valence-corrected chi connectivity index (χ0v) is 12.8. The normalized spacial score (nSPS) is 58.9. The van der Waals surface area contributed by atoms with Crippen LogP contribution in [0, 0.1) is 0 Å². The molecule has 2 nitrogen and oxygen atoms in total. The first-order valence-corrected chi connectivity index (χ1v) is 8.56. The lowest BCUT2D eigenvalue weighted by Crippen LogP contribution is -2.61. The van der Waals surface area contributed by atoms with Crippen LogP contribution < -0.4 is 5.73 Å². The van der Waals surface area contributed by atoms with Crippen LogP contribution in [0.3, 0.4) is 0 Å². The SMILES string of the molecule is CC12CC3(C(N)=O)S[C@@](C)(C[C@](C)(S1)S3)S2. The fraction of sp³-hybridized carbons (Fsp3) is 0.900. The first-order chi connectivity index (χ1) is 7.19. The Labute approximate surface area is 113 Å². The van der Waals surface area contributed by atoms with E-state index < -0.39 is 0 Å². The maximum Gasteiger partial charge on any atom is 0.244 e. The quantitative estimate of drug-likeness (QED) is 0.805. The summed E-state index contributed by atoms with van der Waals surface area (Å²) in [7, 11) is 0. The third-order valence-corrected chi connectivity index (χ3v) is 10.0. The molecule has 4 aliphatic rings. The lowest BCUT2D eigenvalue weighted by molar-refractivity contribution is -0.118. The van der Waals surface area contributed by atoms with Crippen LogP contribution in [-0.2, 0) is 4.79 Å². The third kappa shape index (κ3) is 1.56. The van der Waals surface area contributed by atoms with Gasteiger partial charge >= 0.3 is 0 Å². The second-order valence-electron chi connectivity index (χ2n) is 5.28. The van der Waals surface area contributed by atoms with Crippen molar-refractivity contribution >= 4 is 53.0 Å². The summed E-state index contributed by atoms with van der Waals surface area (Å²) in [6, 6.07) is 0. The van der Waals surface area contributed by atoms with Crippen molar-refractivity contribution in [2.75, 3.05) is 0 Å². The fourth-order valence-corrected chi connectivity index (χ4v) is 15.5. The van der Waals surface area contributed by atoms with Gasteiger partial charge < -0.3 is 5.73 Å². The van der Waals surface area contributed by atoms with Crippen LogP contribution >= 0.6 is 47.0 Å². The Morgan fingerprint density at radius 3 is 1.75 bits per heavy atom. The van der Waals surface area contributed by atoms with E-state index in [4.69, 9.17) is 5.73 Å². The van der Waals surface area contributed by atoms with E-state index in [1.807, 2.05) is 23.5 Å². The molecule has 90 valence electrons. The van der Waals surface area contributed by atoms with E-state index >= 15 is 0 Å². The lowest BCUT2D eigenvalue weighted by Gasteiger charge is -2.65. The second-order valence-corrected chi connectivity index (χ2v) is 13.9. The van der Waals surface area contributed by atoms with Gasteiger partial charge in [0.25, 0.3) is 0 Å². The molecule has 4 rings (SSSR count). The summed E-state index contributed by atoms with van der Waals surface area (Å²) in [6.07, 6.45) is 2.04. The number of primary amides is 1. The molecule has 0 radical (unpaired) electrons. The van der Waals surface area contributed by atoms with Crippen LogP contribution in [0.2, 0.25) is 0 Å². The van der Waals surface area contributed by atoms with Crippen molar-refractivity contribution in [1.29, 1.82) is 0 Å². The molecule has 1 amide bonds. The zero-order valence-electron chi connectivity index (χ0n) is 9.53. The van der Waals surface area contributed by atoms with Crippen molar-refractivity contribution in [3.63, 3.8) is 0 Å². The molecule has 4 fully saturated rings. The maximum atomic E-state index is 11.8. The smallest absolute Gasteiger partial charge is 0.244 e. The molecular formula is C10H15NOS4. The fourth-order valence-electron chi connectivity index (χ4n) is 3.18. The summed E-state index contributed by atoms with van der Waals surface area (Å²) in [5.74, 6) is -0.133. The molecule has 16 heavy (non-hydrogen) atoms. The van der Waals surface area contributed by atoms with Crippen molar-refractivity contribution in [2.24, 2.45) is 5.73 Å². The molecule has 4 heterocycles. The third-order valence-electron chi connectivity index (χ3n) is 3.20. The highest BCUT2D eigenvalue weighted by Crippen LogP contribution is 2.80. The topological polar surface area (TPSA) is 43.1 Å². The van der Waals surface area contributed by atoms with Crippen molar-refractivity contribution in [3.8, 4) is 0 Å². The molecule has 4 saturated heterocycles. The number of carbonyl (C=O) groups is 1. The predicted octanol–water partition coefficient (Wildman–Crippen LogP) is 3.07. The molecule has 0 aromatic carbocycles. The molecule has 0 aromatic rings. The molecule has 4 aliphatic heterocycles. The standard InChI is InChI=1S/C10H15NOS4/c1-7-4-8(2)14-9(3,13-7)5-10(15-7,16-8)6(11)12/h4-5H2,1-3H3,(H2,11,12)/t7-,8+,9?,10?. The molecule has 0 aliphatic carbocycles. The molecule has 2 N–H and O–H groups in total. The van der Waals surface area contributed by atoms with E-state index in [0.29, 0.717) is 0 Å². The van der Waals surface area contributed by atoms with Gasteiger partial charge in [-0.2, -0.15) is 0 Å². The highest BCUT2D eigenvalue weighted by Gasteiger charge is 2.68. The maximum absolute atomic E-state index is 11.8. The van der Waals surface area contributed by atoms with Gasteiger partial charge in [-0.25, -0.2) is 0 Å². The minimum absolute atomic E-state index is 0.133. The molecule has 4 atom stereocenters. The van der Waals surface area contributed by atoms with Gasteiger partial charge in [0.1, 0.15) is 4.08 Å². The monoisotopic (exact) mass is 293 g/mol. The molecule has 6 heteroatoms. The van der Waals surface area contributed by atoms with Crippen molar-refractivity contribution in [3.05, 3.63) is 0 Å². The molecule has 0 saturated carbocycles. The van der Waals surface area contributed by atoms with E-state index in [1.165, 1.54) is 0 Å². The molecule has 0 aromatic heterocycles. The molecule has 4 bridgehead atoms. The molecule has 2 unspecified atom stereocenters. The summed E-state index contributed by atoms with van der Waals surface area (Å²) >= 11 is 7.66. The van der Waals surface area contributed by atoms with Gasteiger partial charge in [0.15, 0.2) is 0 Å². The van der Waals surface area contributed by atoms with Gasteiger partial charge in [0, 0.05) is 6.42 Å². The summed E-state index contributed by atoms with van der Waals surface area (Å²) in [5.41, 5.74) is 5.67. The summed E-state index contributed by atoms with van der Waals surface area (Å²) in [6.45, 7) is 6.82. The highest BCUT2D eigenvalue weighted by atomic mass is 32.3. The first-order valence-electron chi connectivity index (χ1n) is 5.29. The number of thioether (sulfide) groups is 4. The first kappa shape index (κ1) is 11.9. The average molecular weight is 294 g/mol. The average Bonchev–Trinajstić information content (AvgIpc) is 1.92. The van der Waals surface area contributed by atoms with E-state index in [0.717, 1.165) is 12.8 Å². The molecule has 0 spiro atoms. The van der Waals surface area contributed by atoms with Crippen molar-refractivity contribution in [1.82, 2.24) is 0 Å². The Bertz CT molecular complexity index is 331. The van der Waals surface area contributed by atoms with Crippen LogP contribution in [0.4, 0.5) is 0 Å². The van der Waals surface area contributed by atoms with Gasteiger partial charge in [-0.05, 0) is 27.2 Å². The zero-order chi connectivity index (χ0) is 11.8. The Kier molecular flexibility index (Phi) is 2.28. The van der Waals surface area contributed by atoms with E-state index in [9.17, 15) is 4.79 Å². The number of amides is 1. The van der Waals surface area contributed by atoms with Crippen LogP contribution in [0.5, 0.6) is 0 Å². The predicted molar refractivity (Wildman–Crippen MR) is 76.7 cm³/mol. The van der Waals surface area contributed by atoms with Gasteiger partial charge in [0.05, 0.1) is 12.2 Å². The van der Waals surface area contributed by atoms with E-state index in [-0.39, 0.29) is 22.2 Å². The lowest BCUT2D eigenvalue weighted by atomic mass is 10.2. The Morgan fingerprint density at radius 2 is 1.38 bits per heavy atom. The van der Waals surface area contributed by atoms with Gasteiger partial charge in [0.2, 0.25) is 5.91 Å². The van der Waals surface area contributed by atoms with Crippen LogP contribution in [-0.4, -0.2) is 22.2 Å².